The summed E-state index contributed by atoms with van der Waals surface area (Å²) in [6.07, 6.45) is 7.62. The highest BCUT2D eigenvalue weighted by molar-refractivity contribution is 4.60. The summed E-state index contributed by atoms with van der Waals surface area (Å²) in [6.45, 7) is 6.53. The Morgan fingerprint density at radius 1 is 0.667 bits per heavy atom. The van der Waals surface area contributed by atoms with E-state index in [9.17, 15) is 20.4 Å². The van der Waals surface area contributed by atoms with Gasteiger partial charge >= 0.3 is 0 Å². The average molecular weight is 414 g/mol. The third-order valence-electron chi connectivity index (χ3n) is 4.59. The lowest BCUT2D eigenvalue weighted by Crippen LogP contribution is -3.00. The van der Waals surface area contributed by atoms with Crippen molar-refractivity contribution in [3.8, 4) is 0 Å². The lowest BCUT2D eigenvalue weighted by atomic mass is 10.1. The van der Waals surface area contributed by atoms with Crippen LogP contribution in [0.15, 0.2) is 0 Å². The van der Waals surface area contributed by atoms with Crippen LogP contribution >= 0.6 is 0 Å². The lowest BCUT2D eigenvalue weighted by Gasteiger charge is -2.41. The number of hydrogen-bond acceptors (Lipinski definition) is 4. The van der Waals surface area contributed by atoms with Crippen molar-refractivity contribution in [1.29, 1.82) is 0 Å². The largest absolute Gasteiger partial charge is 1.00 e. The Balaban J connectivity index is 0. The van der Waals surface area contributed by atoms with E-state index in [0.29, 0.717) is 17.6 Å². The van der Waals surface area contributed by atoms with Crippen LogP contribution in [-0.2, 0) is 0 Å². The number of rotatable bonds is 16. The van der Waals surface area contributed by atoms with Crippen molar-refractivity contribution in [1.82, 2.24) is 0 Å². The van der Waals surface area contributed by atoms with Gasteiger partial charge in [0.25, 0.3) is 0 Å². The number of aliphatic hydroxyl groups is 4. The van der Waals surface area contributed by atoms with Crippen LogP contribution in [0.4, 0.5) is 0 Å². The van der Waals surface area contributed by atoms with Gasteiger partial charge in [-0.3, -0.25) is 0 Å². The highest BCUT2D eigenvalue weighted by atomic mass is 79.9. The molecule has 0 spiro atoms. The number of aliphatic hydroxyl groups excluding tert-OH is 4. The summed E-state index contributed by atoms with van der Waals surface area (Å²) in [5.74, 6) is 0. The van der Waals surface area contributed by atoms with Crippen LogP contribution in [-0.4, -0.2) is 76.5 Å². The Kier molecular flexibility index (Phi) is 18.5. The summed E-state index contributed by atoms with van der Waals surface area (Å²) in [6, 6.07) is 0. The van der Waals surface area contributed by atoms with Gasteiger partial charge in [0.15, 0.2) is 0 Å². The van der Waals surface area contributed by atoms with E-state index in [0.717, 1.165) is 38.8 Å². The Labute approximate surface area is 159 Å². The molecule has 2 atom stereocenters. The van der Waals surface area contributed by atoms with E-state index in [-0.39, 0.29) is 30.2 Å². The molecule has 24 heavy (non-hydrogen) atoms. The molecule has 4 N–H and O–H groups in total. The van der Waals surface area contributed by atoms with Crippen molar-refractivity contribution in [2.45, 2.75) is 77.4 Å². The predicted octanol–water partition coefficient (Wildman–Crippen LogP) is -1.33. The molecule has 0 bridgehead atoms. The number of quaternary nitrogens is 1. The zero-order chi connectivity index (χ0) is 17.6. The quantitative estimate of drug-likeness (QED) is 0.187. The minimum Gasteiger partial charge on any atom is -1.00 e. The highest BCUT2D eigenvalue weighted by Crippen LogP contribution is 2.17. The van der Waals surface area contributed by atoms with E-state index < -0.39 is 12.2 Å². The van der Waals surface area contributed by atoms with E-state index in [4.69, 9.17) is 0 Å². The molecular formula is C18H40BrNO4. The smallest absolute Gasteiger partial charge is 0.126 e. The number of nitrogens with zero attached hydrogens (tertiary/aromatic N) is 1. The van der Waals surface area contributed by atoms with Crippen LogP contribution < -0.4 is 17.0 Å². The lowest BCUT2D eigenvalue weighted by molar-refractivity contribution is -0.934. The third kappa shape index (κ3) is 12.6. The summed E-state index contributed by atoms with van der Waals surface area (Å²) in [5, 5.41) is 38.4. The minimum absolute atomic E-state index is 0. The van der Waals surface area contributed by atoms with Gasteiger partial charge in [0, 0.05) is 0 Å². The fourth-order valence-electron chi connectivity index (χ4n) is 3.31. The second-order valence-electron chi connectivity index (χ2n) is 6.95. The normalized spacial score (nSPS) is 14.2. The van der Waals surface area contributed by atoms with Gasteiger partial charge < -0.3 is 41.9 Å². The van der Waals surface area contributed by atoms with Gasteiger partial charge in [0.05, 0.1) is 26.3 Å². The van der Waals surface area contributed by atoms with Crippen LogP contribution in [0.5, 0.6) is 0 Å². The van der Waals surface area contributed by atoms with Crippen LogP contribution in [0.25, 0.3) is 0 Å². The maximum atomic E-state index is 9.97. The standard InChI is InChI=1S/C18H40NO4.BrH/c1-3-5-7-9-11-19(13-17(22)15-20,14-18(23)16-21)12-10-8-6-4-2;/h17-18,20-23H,3-16H2,1-2H3;1H/q+1;/p-1. The molecule has 0 saturated carbocycles. The molecule has 0 rings (SSSR count). The first kappa shape index (κ1) is 26.5. The van der Waals surface area contributed by atoms with E-state index in [1.54, 1.807) is 0 Å². The maximum Gasteiger partial charge on any atom is 0.126 e. The first-order valence-electron chi connectivity index (χ1n) is 9.46. The molecule has 0 aromatic heterocycles. The van der Waals surface area contributed by atoms with Crippen molar-refractivity contribution < 1.29 is 41.9 Å². The number of unbranched alkanes of at least 4 members (excludes halogenated alkanes) is 6. The zero-order valence-electron chi connectivity index (χ0n) is 15.7. The monoisotopic (exact) mass is 413 g/mol. The van der Waals surface area contributed by atoms with Gasteiger partial charge in [-0.05, 0) is 25.7 Å². The Morgan fingerprint density at radius 2 is 1.04 bits per heavy atom. The molecule has 0 saturated heterocycles. The van der Waals surface area contributed by atoms with Gasteiger partial charge in [0.1, 0.15) is 25.3 Å². The third-order valence-corrected chi connectivity index (χ3v) is 4.59. The second kappa shape index (κ2) is 16.7. The molecular weight excluding hydrogens is 374 g/mol. The van der Waals surface area contributed by atoms with Gasteiger partial charge in [-0.15, -0.1) is 0 Å². The van der Waals surface area contributed by atoms with Crippen LogP contribution in [0, 0.1) is 0 Å². The van der Waals surface area contributed by atoms with Crippen LogP contribution in [0.3, 0.4) is 0 Å². The first-order valence-corrected chi connectivity index (χ1v) is 9.46. The van der Waals surface area contributed by atoms with Gasteiger partial charge in [-0.1, -0.05) is 39.5 Å². The van der Waals surface area contributed by atoms with E-state index >= 15 is 0 Å². The fourth-order valence-corrected chi connectivity index (χ4v) is 3.31. The molecule has 0 aliphatic heterocycles. The minimum atomic E-state index is -0.766. The van der Waals surface area contributed by atoms with E-state index in [2.05, 4.69) is 13.8 Å². The van der Waals surface area contributed by atoms with Crippen LogP contribution in [0.1, 0.15) is 65.2 Å². The van der Waals surface area contributed by atoms with Crippen molar-refractivity contribution in [3.63, 3.8) is 0 Å². The summed E-state index contributed by atoms with van der Waals surface area (Å²) in [5.41, 5.74) is 0. The maximum absolute atomic E-state index is 9.97. The molecule has 0 aliphatic rings. The van der Waals surface area contributed by atoms with Crippen molar-refractivity contribution in [2.24, 2.45) is 0 Å². The molecule has 0 radical (unpaired) electrons. The number of halogens is 1. The second-order valence-corrected chi connectivity index (χ2v) is 6.95. The molecule has 6 heteroatoms. The van der Waals surface area contributed by atoms with Gasteiger partial charge in [-0.2, -0.15) is 0 Å². The summed E-state index contributed by atoms with van der Waals surface area (Å²) >= 11 is 0. The van der Waals surface area contributed by atoms with E-state index in [1.807, 2.05) is 0 Å². The Morgan fingerprint density at radius 3 is 1.33 bits per heavy atom. The molecule has 2 unspecified atom stereocenters. The van der Waals surface area contributed by atoms with Gasteiger partial charge in [0.2, 0.25) is 0 Å². The molecule has 148 valence electrons. The van der Waals surface area contributed by atoms with Crippen LogP contribution in [0.2, 0.25) is 0 Å². The fraction of sp³-hybridized carbons (Fsp3) is 1.00. The number of hydrogen-bond donors (Lipinski definition) is 4. The predicted molar refractivity (Wildman–Crippen MR) is 94.2 cm³/mol. The van der Waals surface area contributed by atoms with Gasteiger partial charge in [-0.25, -0.2) is 0 Å². The zero-order valence-corrected chi connectivity index (χ0v) is 17.3. The Hall–Kier alpha value is 0.280. The summed E-state index contributed by atoms with van der Waals surface area (Å²) in [7, 11) is 0. The molecule has 0 aromatic rings. The molecule has 0 heterocycles. The highest BCUT2D eigenvalue weighted by Gasteiger charge is 2.32. The van der Waals surface area contributed by atoms with Crippen molar-refractivity contribution >= 4 is 0 Å². The van der Waals surface area contributed by atoms with Crippen molar-refractivity contribution in [3.05, 3.63) is 0 Å². The Bertz CT molecular complexity index is 243. The SMILES string of the molecule is CCCCCC[N+](CCCCCC)(CC(O)CO)CC(O)CO.[Br-]. The van der Waals surface area contributed by atoms with Crippen molar-refractivity contribution in [2.75, 3.05) is 39.4 Å². The molecule has 0 aromatic carbocycles. The topological polar surface area (TPSA) is 80.9 Å². The first-order chi connectivity index (χ1) is 11.0. The van der Waals surface area contributed by atoms with E-state index in [1.165, 1.54) is 25.7 Å². The summed E-state index contributed by atoms with van der Waals surface area (Å²) < 4.78 is 0.594. The molecule has 0 fully saturated rings. The molecule has 0 aliphatic carbocycles. The molecule has 5 nitrogen and oxygen atoms in total. The molecule has 0 amide bonds. The average Bonchev–Trinajstić information content (AvgIpc) is 2.55. The summed E-state index contributed by atoms with van der Waals surface area (Å²) in [4.78, 5) is 0.